The van der Waals surface area contributed by atoms with Crippen LogP contribution in [0, 0.1) is 11.8 Å². The van der Waals surface area contributed by atoms with Crippen LogP contribution >= 0.6 is 0 Å². The molecule has 152 valence electrons. The van der Waals surface area contributed by atoms with Crippen LogP contribution in [0.5, 0.6) is 0 Å². The van der Waals surface area contributed by atoms with Gasteiger partial charge >= 0.3 is 11.9 Å². The number of hydrogen-bond acceptors (Lipinski definition) is 6. The van der Waals surface area contributed by atoms with Crippen LogP contribution in [0.15, 0.2) is 11.6 Å². The Bertz CT molecular complexity index is 624. The van der Waals surface area contributed by atoms with Gasteiger partial charge in [0, 0.05) is 0 Å². The molecule has 2 heterocycles. The summed E-state index contributed by atoms with van der Waals surface area (Å²) >= 11 is 0. The van der Waals surface area contributed by atoms with Crippen molar-refractivity contribution in [2.75, 3.05) is 14.2 Å². The maximum Gasteiger partial charge on any atom is 0.309 e. The van der Waals surface area contributed by atoms with Gasteiger partial charge in [-0.05, 0) is 59.3 Å². The summed E-state index contributed by atoms with van der Waals surface area (Å²) in [7, 11) is 2.72. The van der Waals surface area contributed by atoms with E-state index in [4.69, 9.17) is 18.9 Å². The number of ether oxygens (including phenoxy) is 4. The topological polar surface area (TPSA) is 77.7 Å². The summed E-state index contributed by atoms with van der Waals surface area (Å²) < 4.78 is 21.4. The lowest BCUT2D eigenvalue weighted by atomic mass is 9.78. The zero-order valence-electron chi connectivity index (χ0n) is 17.1. The summed E-state index contributed by atoms with van der Waals surface area (Å²) in [6, 6.07) is 0. The van der Waals surface area contributed by atoms with E-state index < -0.39 is 11.8 Å². The molecule has 0 saturated carbocycles. The summed E-state index contributed by atoms with van der Waals surface area (Å²) in [6.07, 6.45) is 7.65. The van der Waals surface area contributed by atoms with E-state index in [1.807, 2.05) is 0 Å². The van der Waals surface area contributed by atoms with Crippen LogP contribution in [-0.2, 0) is 28.5 Å². The van der Waals surface area contributed by atoms with Gasteiger partial charge < -0.3 is 18.9 Å². The Balaban J connectivity index is 1.48. The molecule has 0 bridgehead atoms. The molecule has 0 amide bonds. The molecule has 2 fully saturated rings. The van der Waals surface area contributed by atoms with Crippen LogP contribution < -0.4 is 0 Å². The average molecular weight is 380 g/mol. The smallest absolute Gasteiger partial charge is 0.309 e. The van der Waals surface area contributed by atoms with E-state index in [1.165, 1.54) is 19.8 Å². The van der Waals surface area contributed by atoms with E-state index in [2.05, 4.69) is 26.8 Å². The van der Waals surface area contributed by atoms with Gasteiger partial charge in [0.05, 0.1) is 49.5 Å². The Morgan fingerprint density at radius 3 is 2.26 bits per heavy atom. The van der Waals surface area contributed by atoms with Crippen molar-refractivity contribution in [2.45, 2.75) is 82.7 Å². The Labute approximate surface area is 161 Å². The fourth-order valence-electron chi connectivity index (χ4n) is 4.33. The highest BCUT2D eigenvalue weighted by Crippen LogP contribution is 2.47. The van der Waals surface area contributed by atoms with Crippen molar-refractivity contribution in [3.63, 3.8) is 0 Å². The largest absolute Gasteiger partial charge is 0.469 e. The van der Waals surface area contributed by atoms with Crippen LogP contribution in [0.3, 0.4) is 0 Å². The molecule has 0 N–H and O–H groups in total. The predicted molar refractivity (Wildman–Crippen MR) is 99.0 cm³/mol. The Hall–Kier alpha value is -1.40. The number of epoxide rings is 2. The number of carbonyl (C=O) groups is 2. The van der Waals surface area contributed by atoms with Gasteiger partial charge in [-0.15, -0.1) is 0 Å². The van der Waals surface area contributed by atoms with Crippen molar-refractivity contribution in [1.29, 1.82) is 0 Å². The summed E-state index contributed by atoms with van der Waals surface area (Å²) in [5.74, 6) is -1.58. The first-order valence-corrected chi connectivity index (χ1v) is 9.89. The molecule has 27 heavy (non-hydrogen) atoms. The van der Waals surface area contributed by atoms with Crippen molar-refractivity contribution >= 4 is 11.9 Å². The Morgan fingerprint density at radius 1 is 1.04 bits per heavy atom. The lowest BCUT2D eigenvalue weighted by Crippen LogP contribution is -2.34. The molecule has 6 nitrogen and oxygen atoms in total. The molecule has 0 radical (unpaired) electrons. The summed E-state index contributed by atoms with van der Waals surface area (Å²) in [5.41, 5.74) is 1.19. The number of hydrogen-bond donors (Lipinski definition) is 0. The van der Waals surface area contributed by atoms with E-state index >= 15 is 0 Å². The molecule has 3 aliphatic rings. The van der Waals surface area contributed by atoms with Crippen LogP contribution in [-0.4, -0.2) is 49.6 Å². The fourth-order valence-corrected chi connectivity index (χ4v) is 4.33. The zero-order chi connectivity index (χ0) is 19.8. The third-order valence-electron chi connectivity index (χ3n) is 6.47. The molecule has 1 aliphatic carbocycles. The van der Waals surface area contributed by atoms with Crippen LogP contribution in [0.2, 0.25) is 0 Å². The van der Waals surface area contributed by atoms with Crippen molar-refractivity contribution in [3.8, 4) is 0 Å². The molecule has 0 aromatic heterocycles. The Kier molecular flexibility index (Phi) is 5.69. The third-order valence-corrected chi connectivity index (χ3v) is 6.47. The zero-order valence-corrected chi connectivity index (χ0v) is 17.1. The van der Waals surface area contributed by atoms with Crippen LogP contribution in [0.25, 0.3) is 0 Å². The Morgan fingerprint density at radius 2 is 1.67 bits per heavy atom. The minimum absolute atomic E-state index is 0.0345. The number of methoxy groups -OCH3 is 2. The molecule has 2 saturated heterocycles. The number of allylic oxidation sites excluding steroid dienone is 2. The first kappa shape index (κ1) is 20.3. The van der Waals surface area contributed by atoms with Gasteiger partial charge in [0.2, 0.25) is 0 Å². The molecular weight excluding hydrogens is 348 g/mol. The first-order valence-electron chi connectivity index (χ1n) is 9.89. The molecular formula is C21H32O6. The van der Waals surface area contributed by atoms with Gasteiger partial charge in [-0.3, -0.25) is 9.59 Å². The molecule has 0 aromatic carbocycles. The second-order valence-electron chi connectivity index (χ2n) is 8.77. The van der Waals surface area contributed by atoms with E-state index in [9.17, 15) is 9.59 Å². The molecule has 3 rings (SSSR count). The van der Waals surface area contributed by atoms with Gasteiger partial charge in [-0.2, -0.15) is 0 Å². The second-order valence-corrected chi connectivity index (χ2v) is 8.77. The standard InChI is InChI=1S/C21H32O6/c1-20(2)16(26-20)10-11-21(3)17(27-21)9-7-13-6-8-14(18(22)24-4)15(12-13)19(23)25-5/h6,14-17H,7-12H2,1-5H3. The molecule has 0 spiro atoms. The third kappa shape index (κ3) is 4.54. The highest BCUT2D eigenvalue weighted by atomic mass is 16.6. The van der Waals surface area contributed by atoms with Gasteiger partial charge in [0.1, 0.15) is 0 Å². The number of esters is 2. The lowest BCUT2D eigenvalue weighted by molar-refractivity contribution is -0.157. The molecule has 6 heteroatoms. The van der Waals surface area contributed by atoms with Crippen molar-refractivity contribution in [1.82, 2.24) is 0 Å². The molecule has 5 unspecified atom stereocenters. The van der Waals surface area contributed by atoms with E-state index in [0.717, 1.165) is 25.7 Å². The minimum Gasteiger partial charge on any atom is -0.469 e. The average Bonchev–Trinajstić information content (AvgIpc) is 3.50. The fraction of sp³-hybridized carbons (Fsp3) is 0.810. The highest BCUT2D eigenvalue weighted by Gasteiger charge is 2.54. The second kappa shape index (κ2) is 7.55. The SMILES string of the molecule is COC(=O)C1CC=C(CCC2OC2(C)CCC2OC2(C)C)CC1C(=O)OC. The summed E-state index contributed by atoms with van der Waals surface area (Å²) in [4.78, 5) is 24.1. The lowest BCUT2D eigenvalue weighted by Gasteiger charge is -2.27. The molecule has 0 aromatic rings. The summed E-state index contributed by atoms with van der Waals surface area (Å²) in [5, 5.41) is 0. The van der Waals surface area contributed by atoms with Gasteiger partial charge in [-0.1, -0.05) is 11.6 Å². The number of carbonyl (C=O) groups excluding carboxylic acids is 2. The predicted octanol–water partition coefficient (Wildman–Crippen LogP) is 3.18. The normalized spacial score (nSPS) is 36.6. The molecule has 5 atom stereocenters. The van der Waals surface area contributed by atoms with Crippen molar-refractivity contribution in [3.05, 3.63) is 11.6 Å². The van der Waals surface area contributed by atoms with E-state index in [1.54, 1.807) is 0 Å². The highest BCUT2D eigenvalue weighted by molar-refractivity contribution is 5.82. The monoisotopic (exact) mass is 380 g/mol. The van der Waals surface area contributed by atoms with E-state index in [-0.39, 0.29) is 29.2 Å². The van der Waals surface area contributed by atoms with E-state index in [0.29, 0.717) is 18.9 Å². The summed E-state index contributed by atoms with van der Waals surface area (Å²) in [6.45, 7) is 6.42. The minimum atomic E-state index is -0.455. The van der Waals surface area contributed by atoms with Gasteiger partial charge in [0.25, 0.3) is 0 Å². The first-order chi connectivity index (χ1) is 12.7. The maximum absolute atomic E-state index is 12.1. The van der Waals surface area contributed by atoms with Crippen molar-refractivity contribution in [2.24, 2.45) is 11.8 Å². The van der Waals surface area contributed by atoms with Gasteiger partial charge in [-0.25, -0.2) is 0 Å². The number of rotatable bonds is 8. The van der Waals surface area contributed by atoms with Crippen LogP contribution in [0.1, 0.15) is 59.3 Å². The quantitative estimate of drug-likeness (QED) is 0.366. The maximum atomic E-state index is 12.1. The van der Waals surface area contributed by atoms with Gasteiger partial charge in [0.15, 0.2) is 0 Å². The van der Waals surface area contributed by atoms with Crippen LogP contribution in [0.4, 0.5) is 0 Å². The van der Waals surface area contributed by atoms with Crippen molar-refractivity contribution < 1.29 is 28.5 Å². The molecule has 2 aliphatic heterocycles.